The van der Waals surface area contributed by atoms with Crippen molar-refractivity contribution in [2.24, 2.45) is 0 Å². The zero-order valence-electron chi connectivity index (χ0n) is 16.9. The predicted molar refractivity (Wildman–Crippen MR) is 115 cm³/mol. The monoisotopic (exact) mass is 408 g/mol. The molecule has 5 nitrogen and oxygen atoms in total. The first-order chi connectivity index (χ1) is 14.5. The van der Waals surface area contributed by atoms with Crippen LogP contribution in [0.25, 0.3) is 0 Å². The average Bonchev–Trinajstić information content (AvgIpc) is 2.80. The molecule has 0 aliphatic carbocycles. The van der Waals surface area contributed by atoms with Crippen LogP contribution in [0, 0.1) is 0 Å². The summed E-state index contributed by atoms with van der Waals surface area (Å²) in [6, 6.07) is 29.0. The van der Waals surface area contributed by atoms with Crippen LogP contribution in [0.15, 0.2) is 91.0 Å². The molecule has 30 heavy (non-hydrogen) atoms. The summed E-state index contributed by atoms with van der Waals surface area (Å²) in [5.74, 6) is 0. The van der Waals surface area contributed by atoms with E-state index in [1.165, 1.54) is 6.92 Å². The minimum Gasteiger partial charge on any atom is -0.391 e. The number of ether oxygens (including phenoxy) is 1. The lowest BCUT2D eigenvalue weighted by Gasteiger charge is -2.37. The Morgan fingerprint density at radius 1 is 0.633 bits per heavy atom. The fraction of sp³-hybridized carbons (Fsp3) is 0.280. The molecule has 0 aliphatic rings. The van der Waals surface area contributed by atoms with Crippen LogP contribution in [0.3, 0.4) is 0 Å². The Labute approximate surface area is 176 Å². The van der Waals surface area contributed by atoms with Crippen molar-refractivity contribution in [3.63, 3.8) is 0 Å². The van der Waals surface area contributed by atoms with Gasteiger partial charge in [0.2, 0.25) is 0 Å². The van der Waals surface area contributed by atoms with Crippen molar-refractivity contribution in [2.45, 2.75) is 36.9 Å². The van der Waals surface area contributed by atoms with Crippen molar-refractivity contribution < 1.29 is 25.2 Å². The second kappa shape index (κ2) is 9.98. The Balaban J connectivity index is 2.06. The van der Waals surface area contributed by atoms with Crippen LogP contribution >= 0.6 is 0 Å². The Bertz CT molecular complexity index is 787. The molecule has 3 rings (SSSR count). The lowest BCUT2D eigenvalue weighted by atomic mass is 9.80. The molecule has 3 aromatic carbocycles. The normalized spacial score (nSPS) is 15.9. The number of hydrogen-bond acceptors (Lipinski definition) is 5. The minimum absolute atomic E-state index is 0.260. The molecule has 0 saturated carbocycles. The van der Waals surface area contributed by atoms with E-state index in [1.807, 2.05) is 91.0 Å². The largest absolute Gasteiger partial charge is 0.391 e. The van der Waals surface area contributed by atoms with Gasteiger partial charge >= 0.3 is 0 Å². The van der Waals surface area contributed by atoms with Gasteiger partial charge in [-0.25, -0.2) is 0 Å². The second-order valence-electron chi connectivity index (χ2n) is 7.38. The molecule has 0 fully saturated rings. The Hall–Kier alpha value is -2.54. The molecule has 0 amide bonds. The molecule has 0 spiro atoms. The molecule has 0 bridgehead atoms. The zero-order valence-corrected chi connectivity index (χ0v) is 16.9. The third kappa shape index (κ3) is 4.61. The molecule has 0 unspecified atom stereocenters. The van der Waals surface area contributed by atoms with E-state index in [0.717, 1.165) is 16.7 Å². The van der Waals surface area contributed by atoms with Crippen molar-refractivity contribution in [2.75, 3.05) is 6.61 Å². The molecule has 4 atom stereocenters. The lowest BCUT2D eigenvalue weighted by molar-refractivity contribution is -0.131. The summed E-state index contributed by atoms with van der Waals surface area (Å²) in [7, 11) is 0. The standard InChI is InChI=1S/C25H28O5/c1-18(26)23(28)24(29)22(27)17-30-25(19-11-5-2-6-12-19,20-13-7-3-8-14-20)21-15-9-4-10-16-21/h2-16,18,22-24,26-29H,17H2,1H3/t18-,22-,23+,24-/m1/s1. The summed E-state index contributed by atoms with van der Waals surface area (Å²) >= 11 is 0. The summed E-state index contributed by atoms with van der Waals surface area (Å²) in [6.07, 6.45) is -5.62. The van der Waals surface area contributed by atoms with Gasteiger partial charge in [0.25, 0.3) is 0 Å². The van der Waals surface area contributed by atoms with Crippen molar-refractivity contribution in [3.8, 4) is 0 Å². The topological polar surface area (TPSA) is 90.2 Å². The highest BCUT2D eigenvalue weighted by atomic mass is 16.5. The number of rotatable bonds is 9. The van der Waals surface area contributed by atoms with Gasteiger partial charge in [0.15, 0.2) is 0 Å². The van der Waals surface area contributed by atoms with Gasteiger partial charge in [-0.15, -0.1) is 0 Å². The third-order valence-electron chi connectivity index (χ3n) is 5.25. The number of aliphatic hydroxyl groups excluding tert-OH is 4. The molecule has 4 N–H and O–H groups in total. The van der Waals surface area contributed by atoms with E-state index >= 15 is 0 Å². The molecule has 0 saturated heterocycles. The zero-order chi connectivity index (χ0) is 21.6. The highest BCUT2D eigenvalue weighted by molar-refractivity contribution is 5.47. The van der Waals surface area contributed by atoms with E-state index in [1.54, 1.807) is 0 Å². The van der Waals surface area contributed by atoms with Gasteiger partial charge < -0.3 is 25.2 Å². The smallest absolute Gasteiger partial charge is 0.143 e. The first-order valence-corrected chi connectivity index (χ1v) is 9.99. The summed E-state index contributed by atoms with van der Waals surface area (Å²) in [6.45, 7) is 1.09. The fourth-order valence-corrected chi connectivity index (χ4v) is 3.59. The molecule has 0 radical (unpaired) electrons. The molecule has 3 aromatic rings. The van der Waals surface area contributed by atoms with Gasteiger partial charge in [0, 0.05) is 0 Å². The maximum atomic E-state index is 10.5. The van der Waals surface area contributed by atoms with Gasteiger partial charge in [0.05, 0.1) is 12.7 Å². The highest BCUT2D eigenvalue weighted by Crippen LogP contribution is 2.40. The van der Waals surface area contributed by atoms with Gasteiger partial charge in [-0.05, 0) is 23.6 Å². The van der Waals surface area contributed by atoms with E-state index in [9.17, 15) is 20.4 Å². The maximum Gasteiger partial charge on any atom is 0.143 e. The highest BCUT2D eigenvalue weighted by Gasteiger charge is 2.39. The summed E-state index contributed by atoms with van der Waals surface area (Å²) in [5, 5.41) is 40.2. The van der Waals surface area contributed by atoms with Crippen LogP contribution < -0.4 is 0 Å². The van der Waals surface area contributed by atoms with Crippen LogP contribution in [0.5, 0.6) is 0 Å². The number of benzene rings is 3. The molecule has 0 aromatic heterocycles. The van der Waals surface area contributed by atoms with Gasteiger partial charge in [-0.2, -0.15) is 0 Å². The molecule has 158 valence electrons. The second-order valence-corrected chi connectivity index (χ2v) is 7.38. The van der Waals surface area contributed by atoms with E-state index in [-0.39, 0.29) is 6.61 Å². The Morgan fingerprint density at radius 3 is 1.33 bits per heavy atom. The van der Waals surface area contributed by atoms with Crippen LogP contribution in [-0.4, -0.2) is 51.4 Å². The number of hydrogen-bond donors (Lipinski definition) is 4. The SMILES string of the molecule is C[C@@H](O)[C@H](O)[C@H](O)[C@H](O)COC(c1ccccc1)(c1ccccc1)c1ccccc1. The minimum atomic E-state index is -1.55. The first kappa shape index (κ1) is 22.2. The molecule has 5 heteroatoms. The van der Waals surface area contributed by atoms with Crippen molar-refractivity contribution in [1.82, 2.24) is 0 Å². The average molecular weight is 408 g/mol. The van der Waals surface area contributed by atoms with E-state index in [0.29, 0.717) is 0 Å². The predicted octanol–water partition coefficient (Wildman–Crippen LogP) is 2.46. The van der Waals surface area contributed by atoms with E-state index in [4.69, 9.17) is 4.74 Å². The molecule has 0 aliphatic heterocycles. The summed E-state index contributed by atoms with van der Waals surface area (Å²) in [5.41, 5.74) is 1.54. The summed E-state index contributed by atoms with van der Waals surface area (Å²) in [4.78, 5) is 0. The Morgan fingerprint density at radius 2 is 1.00 bits per heavy atom. The lowest BCUT2D eigenvalue weighted by Crippen LogP contribution is -2.46. The molecular formula is C25H28O5. The first-order valence-electron chi connectivity index (χ1n) is 9.99. The number of aliphatic hydroxyl groups is 4. The molecule has 0 heterocycles. The van der Waals surface area contributed by atoms with Gasteiger partial charge in [0.1, 0.15) is 23.9 Å². The Kier molecular flexibility index (Phi) is 7.37. The van der Waals surface area contributed by atoms with Crippen molar-refractivity contribution in [1.29, 1.82) is 0 Å². The molecular weight excluding hydrogens is 380 g/mol. The van der Waals surface area contributed by atoms with E-state index in [2.05, 4.69) is 0 Å². The van der Waals surface area contributed by atoms with Gasteiger partial charge in [-0.3, -0.25) is 0 Å². The van der Waals surface area contributed by atoms with Gasteiger partial charge in [-0.1, -0.05) is 91.0 Å². The van der Waals surface area contributed by atoms with Crippen LogP contribution in [0.1, 0.15) is 23.6 Å². The van der Waals surface area contributed by atoms with Crippen molar-refractivity contribution in [3.05, 3.63) is 108 Å². The fourth-order valence-electron chi connectivity index (χ4n) is 3.59. The third-order valence-corrected chi connectivity index (χ3v) is 5.25. The van der Waals surface area contributed by atoms with E-state index < -0.39 is 30.0 Å². The maximum absolute atomic E-state index is 10.5. The quantitative estimate of drug-likeness (QED) is 0.409. The van der Waals surface area contributed by atoms with Crippen LogP contribution in [0.2, 0.25) is 0 Å². The summed E-state index contributed by atoms with van der Waals surface area (Å²) < 4.78 is 6.40. The van der Waals surface area contributed by atoms with Crippen molar-refractivity contribution >= 4 is 0 Å². The van der Waals surface area contributed by atoms with Crippen LogP contribution in [-0.2, 0) is 10.3 Å². The van der Waals surface area contributed by atoms with Crippen LogP contribution in [0.4, 0.5) is 0 Å².